The molecule has 0 saturated carbocycles. The Morgan fingerprint density at radius 1 is 1.50 bits per heavy atom. The first kappa shape index (κ1) is 10.3. The van der Waals surface area contributed by atoms with E-state index in [0.29, 0.717) is 5.25 Å². The maximum Gasteiger partial charge on any atom is 0.115 e. The monoisotopic (exact) mass is 161 g/mol. The zero-order valence-corrected chi connectivity index (χ0v) is 7.75. The minimum Gasteiger partial charge on any atom is -0.616 e. The molecule has 0 aliphatic heterocycles. The van der Waals surface area contributed by atoms with Crippen LogP contribution < -0.4 is 0 Å². The van der Waals surface area contributed by atoms with Gasteiger partial charge in [0.25, 0.3) is 0 Å². The molecule has 0 saturated heterocycles. The van der Waals surface area contributed by atoms with Gasteiger partial charge in [0, 0.05) is 0 Å². The molecule has 0 N–H and O–H groups in total. The smallest absolute Gasteiger partial charge is 0.115 e. The van der Waals surface area contributed by atoms with Gasteiger partial charge in [-0.1, -0.05) is 24.5 Å². The summed E-state index contributed by atoms with van der Waals surface area (Å²) < 4.78 is 11.2. The first-order valence-electron chi connectivity index (χ1n) is 3.92. The van der Waals surface area contributed by atoms with Crippen LogP contribution in [-0.4, -0.2) is 15.6 Å². The van der Waals surface area contributed by atoms with Crippen molar-refractivity contribution in [2.45, 2.75) is 38.4 Å². The van der Waals surface area contributed by atoms with E-state index in [4.69, 9.17) is 0 Å². The van der Waals surface area contributed by atoms with Crippen molar-refractivity contribution in [1.82, 2.24) is 0 Å². The highest BCUT2D eigenvalue weighted by molar-refractivity contribution is 7.91. The van der Waals surface area contributed by atoms with Crippen LogP contribution in [-0.2, 0) is 11.2 Å². The van der Waals surface area contributed by atoms with Crippen molar-refractivity contribution in [3.63, 3.8) is 0 Å². The second-order valence-corrected chi connectivity index (χ2v) is 4.37. The molecule has 10 heavy (non-hydrogen) atoms. The van der Waals surface area contributed by atoms with Gasteiger partial charge in [0.1, 0.15) is 11.0 Å². The fraction of sp³-hybridized carbons (Fsp3) is 0.875. The van der Waals surface area contributed by atoms with Crippen LogP contribution in [0.25, 0.3) is 0 Å². The molecule has 0 fully saturated rings. The van der Waals surface area contributed by atoms with Crippen LogP contribution in [0.4, 0.5) is 0 Å². The molecule has 2 unspecified atom stereocenters. The van der Waals surface area contributed by atoms with E-state index in [2.05, 4.69) is 13.8 Å². The van der Waals surface area contributed by atoms with E-state index in [9.17, 15) is 4.55 Å². The van der Waals surface area contributed by atoms with E-state index in [-0.39, 0.29) is 0 Å². The molecule has 0 aromatic carbocycles. The fourth-order valence-electron chi connectivity index (χ4n) is 0.965. The minimum absolute atomic E-state index is 0.343. The van der Waals surface area contributed by atoms with Crippen molar-refractivity contribution in [3.8, 4) is 0 Å². The van der Waals surface area contributed by atoms with E-state index < -0.39 is 11.2 Å². The molecule has 2 heteroatoms. The maximum absolute atomic E-state index is 11.2. The summed E-state index contributed by atoms with van der Waals surface area (Å²) in [6.07, 6.45) is 2.99. The average molecular weight is 161 g/mol. The van der Waals surface area contributed by atoms with Crippen LogP contribution in [0.3, 0.4) is 0 Å². The second kappa shape index (κ2) is 6.05. The van der Waals surface area contributed by atoms with Crippen LogP contribution in [0.5, 0.6) is 0 Å². The highest BCUT2D eigenvalue weighted by Crippen LogP contribution is 2.12. The van der Waals surface area contributed by atoms with Crippen LogP contribution >= 0.6 is 0 Å². The Morgan fingerprint density at radius 2 is 2.10 bits per heavy atom. The van der Waals surface area contributed by atoms with E-state index in [1.807, 2.05) is 6.92 Å². The van der Waals surface area contributed by atoms with Gasteiger partial charge in [-0.2, -0.15) is 0 Å². The van der Waals surface area contributed by atoms with Crippen LogP contribution in [0.1, 0.15) is 33.1 Å². The van der Waals surface area contributed by atoms with Gasteiger partial charge < -0.3 is 4.55 Å². The molecular weight excluding hydrogens is 144 g/mol. The molecule has 0 aromatic heterocycles. The molecule has 0 spiro atoms. The van der Waals surface area contributed by atoms with Gasteiger partial charge in [0.05, 0.1) is 0 Å². The Kier molecular flexibility index (Phi) is 6.24. The number of rotatable bonds is 5. The zero-order valence-electron chi connectivity index (χ0n) is 6.93. The van der Waals surface area contributed by atoms with E-state index in [1.165, 1.54) is 0 Å². The first-order chi connectivity index (χ1) is 4.76. The predicted octanol–water partition coefficient (Wildman–Crippen LogP) is 2.15. The van der Waals surface area contributed by atoms with E-state index in [0.717, 1.165) is 25.0 Å². The van der Waals surface area contributed by atoms with Gasteiger partial charge in [0.15, 0.2) is 0 Å². The quantitative estimate of drug-likeness (QED) is 0.567. The summed E-state index contributed by atoms with van der Waals surface area (Å²) in [5.41, 5.74) is 0. The summed E-state index contributed by atoms with van der Waals surface area (Å²) in [5, 5.41) is 0.343. The Bertz CT molecular complexity index is 75.7. The lowest BCUT2D eigenvalue weighted by Crippen LogP contribution is -2.22. The Hall–Kier alpha value is 0.310. The zero-order chi connectivity index (χ0) is 7.98. The molecule has 1 nitrogen and oxygen atoms in total. The lowest BCUT2D eigenvalue weighted by atomic mass is 10.2. The highest BCUT2D eigenvalue weighted by atomic mass is 32.2. The Balaban J connectivity index is 3.56. The maximum atomic E-state index is 11.2. The fourth-order valence-corrected chi connectivity index (χ4v) is 2.20. The average Bonchev–Trinajstić information content (AvgIpc) is 1.99. The lowest BCUT2D eigenvalue weighted by Gasteiger charge is -2.18. The summed E-state index contributed by atoms with van der Waals surface area (Å²) in [6.45, 7) is 7.87. The summed E-state index contributed by atoms with van der Waals surface area (Å²) >= 11 is -0.627. The molecule has 0 heterocycles. The van der Waals surface area contributed by atoms with Crippen molar-refractivity contribution < 1.29 is 4.55 Å². The highest BCUT2D eigenvalue weighted by Gasteiger charge is 2.16. The molecular formula is C8H17OS. The normalized spacial score (nSPS) is 16.8. The summed E-state index contributed by atoms with van der Waals surface area (Å²) in [4.78, 5) is 0. The van der Waals surface area contributed by atoms with Gasteiger partial charge >= 0.3 is 0 Å². The molecule has 0 rings (SSSR count). The third-order valence-corrected chi connectivity index (χ3v) is 3.37. The Labute approximate surface area is 67.4 Å². The molecule has 1 radical (unpaired) electrons. The van der Waals surface area contributed by atoms with Crippen LogP contribution in [0, 0.1) is 6.92 Å². The summed E-state index contributed by atoms with van der Waals surface area (Å²) in [5.74, 6) is 0.778. The topological polar surface area (TPSA) is 23.1 Å². The van der Waals surface area contributed by atoms with Gasteiger partial charge in [0.2, 0.25) is 0 Å². The predicted molar refractivity (Wildman–Crippen MR) is 47.4 cm³/mol. The molecule has 0 bridgehead atoms. The summed E-state index contributed by atoms with van der Waals surface area (Å²) in [7, 11) is 0. The molecule has 2 atom stereocenters. The summed E-state index contributed by atoms with van der Waals surface area (Å²) in [6, 6.07) is 0. The van der Waals surface area contributed by atoms with Gasteiger partial charge in [-0.3, -0.25) is 0 Å². The van der Waals surface area contributed by atoms with Crippen molar-refractivity contribution in [3.05, 3.63) is 6.92 Å². The molecule has 61 valence electrons. The molecule has 0 amide bonds. The van der Waals surface area contributed by atoms with E-state index in [1.54, 1.807) is 0 Å². The SMILES string of the molecule is [CH2]CC(CCC)[S+]([O-])CC. The third-order valence-electron chi connectivity index (χ3n) is 1.59. The van der Waals surface area contributed by atoms with Crippen molar-refractivity contribution >= 4 is 11.2 Å². The van der Waals surface area contributed by atoms with Crippen molar-refractivity contribution in [2.24, 2.45) is 0 Å². The van der Waals surface area contributed by atoms with Gasteiger partial charge in [-0.25, -0.2) is 0 Å². The standard InChI is InChI=1S/C8H17OS/c1-4-7-8(5-2)10(9)6-3/h8H,2,4-7H2,1,3H3. The van der Waals surface area contributed by atoms with Crippen LogP contribution in [0.2, 0.25) is 0 Å². The van der Waals surface area contributed by atoms with Crippen molar-refractivity contribution in [2.75, 3.05) is 5.75 Å². The molecule has 0 aromatic rings. The van der Waals surface area contributed by atoms with Crippen molar-refractivity contribution in [1.29, 1.82) is 0 Å². The van der Waals surface area contributed by atoms with Gasteiger partial charge in [-0.15, -0.1) is 0 Å². The minimum atomic E-state index is -0.627. The third kappa shape index (κ3) is 3.47. The first-order valence-corrected chi connectivity index (χ1v) is 5.30. The number of hydrogen-bond acceptors (Lipinski definition) is 1. The lowest BCUT2D eigenvalue weighted by molar-refractivity contribution is 0.569. The molecule has 0 aliphatic carbocycles. The van der Waals surface area contributed by atoms with Crippen LogP contribution in [0.15, 0.2) is 0 Å². The van der Waals surface area contributed by atoms with Gasteiger partial charge in [-0.05, 0) is 26.7 Å². The number of hydrogen-bond donors (Lipinski definition) is 0. The Morgan fingerprint density at radius 3 is 2.40 bits per heavy atom. The second-order valence-electron chi connectivity index (χ2n) is 2.37. The van der Waals surface area contributed by atoms with E-state index >= 15 is 0 Å². The largest absolute Gasteiger partial charge is 0.616 e. The molecule has 0 aliphatic rings.